The molecular weight excluding hydrogens is 374 g/mol. The zero-order valence-electron chi connectivity index (χ0n) is 14.4. The summed E-state index contributed by atoms with van der Waals surface area (Å²) in [6.45, 7) is 0. The Hall–Kier alpha value is -3.81. The van der Waals surface area contributed by atoms with Crippen molar-refractivity contribution in [1.82, 2.24) is 10.3 Å². The van der Waals surface area contributed by atoms with E-state index in [-0.39, 0.29) is 4.91 Å². The van der Waals surface area contributed by atoms with Crippen LogP contribution >= 0.6 is 11.8 Å². The molecule has 0 bridgehead atoms. The number of hydrogen-bond donors (Lipinski definition) is 1. The second kappa shape index (κ2) is 7.43. The number of nitrogens with zero attached hydrogens (tertiary/aromatic N) is 2. The van der Waals surface area contributed by atoms with E-state index in [2.05, 4.69) is 28.2 Å². The van der Waals surface area contributed by atoms with Crippen LogP contribution in [-0.4, -0.2) is 16.1 Å². The number of rotatable bonds is 2. The third kappa shape index (κ3) is 3.66. The molecule has 0 atom stereocenters. The summed E-state index contributed by atoms with van der Waals surface area (Å²) in [6, 6.07) is 11.3. The number of fused-ring (bicyclic) bond motifs is 1. The largest absolute Gasteiger partial charge is 0.455 e. The average Bonchev–Trinajstić information content (AvgIpc) is 3.24. The van der Waals surface area contributed by atoms with Crippen molar-refractivity contribution in [3.05, 3.63) is 70.1 Å². The first-order chi connectivity index (χ1) is 13.6. The highest BCUT2D eigenvalue weighted by atomic mass is 32.2. The smallest absolute Gasteiger partial charge is 0.290 e. The molecule has 1 aliphatic rings. The van der Waals surface area contributed by atoms with Crippen LogP contribution in [0, 0.1) is 23.2 Å². The van der Waals surface area contributed by atoms with Crippen molar-refractivity contribution in [3.63, 3.8) is 0 Å². The van der Waals surface area contributed by atoms with Gasteiger partial charge in [-0.1, -0.05) is 24.0 Å². The van der Waals surface area contributed by atoms with Crippen molar-refractivity contribution in [2.24, 2.45) is 0 Å². The van der Waals surface area contributed by atoms with Crippen molar-refractivity contribution < 1.29 is 14.0 Å². The number of furan rings is 1. The van der Waals surface area contributed by atoms with Gasteiger partial charge in [0, 0.05) is 29.4 Å². The number of pyridine rings is 1. The summed E-state index contributed by atoms with van der Waals surface area (Å²) < 4.78 is 5.82. The normalized spacial score (nSPS) is 14.6. The van der Waals surface area contributed by atoms with E-state index < -0.39 is 11.1 Å². The number of amides is 2. The van der Waals surface area contributed by atoms with Crippen LogP contribution in [0.25, 0.3) is 17.0 Å². The molecule has 1 aromatic carbocycles. The minimum Gasteiger partial charge on any atom is -0.455 e. The van der Waals surface area contributed by atoms with Crippen LogP contribution < -0.4 is 5.32 Å². The molecule has 1 saturated heterocycles. The Morgan fingerprint density at radius 3 is 2.71 bits per heavy atom. The Balaban J connectivity index is 1.65. The van der Waals surface area contributed by atoms with E-state index in [0.29, 0.717) is 23.3 Å². The van der Waals surface area contributed by atoms with Crippen LogP contribution in [-0.2, 0) is 11.2 Å². The molecule has 0 aliphatic carbocycles. The van der Waals surface area contributed by atoms with Crippen LogP contribution in [0.4, 0.5) is 4.79 Å². The van der Waals surface area contributed by atoms with Gasteiger partial charge in [0.15, 0.2) is 5.58 Å². The molecule has 0 spiro atoms. The van der Waals surface area contributed by atoms with Gasteiger partial charge >= 0.3 is 0 Å². The van der Waals surface area contributed by atoms with Crippen LogP contribution in [0.3, 0.4) is 0 Å². The second-order valence-corrected chi connectivity index (χ2v) is 6.90. The Morgan fingerprint density at radius 1 is 1.18 bits per heavy atom. The van der Waals surface area contributed by atoms with Crippen LogP contribution in [0.2, 0.25) is 0 Å². The monoisotopic (exact) mass is 385 g/mol. The molecule has 4 rings (SSSR count). The van der Waals surface area contributed by atoms with E-state index in [0.717, 1.165) is 28.3 Å². The van der Waals surface area contributed by atoms with E-state index in [1.54, 1.807) is 18.5 Å². The van der Waals surface area contributed by atoms with Gasteiger partial charge in [0.05, 0.1) is 23.0 Å². The van der Waals surface area contributed by atoms with Crippen molar-refractivity contribution in [3.8, 4) is 17.9 Å². The Kier molecular flexibility index (Phi) is 4.67. The molecular formula is C21H11N3O3S. The maximum absolute atomic E-state index is 11.7. The third-order valence-electron chi connectivity index (χ3n) is 3.94. The van der Waals surface area contributed by atoms with Gasteiger partial charge in [0.1, 0.15) is 5.76 Å². The van der Waals surface area contributed by atoms with Gasteiger partial charge in [-0.15, -0.1) is 0 Å². The summed E-state index contributed by atoms with van der Waals surface area (Å²) in [4.78, 5) is 27.4. The molecule has 1 aliphatic heterocycles. The Labute approximate surface area is 164 Å². The molecule has 1 fully saturated rings. The first kappa shape index (κ1) is 17.6. The second-order valence-electron chi connectivity index (χ2n) is 5.89. The van der Waals surface area contributed by atoms with Gasteiger partial charge in [-0.3, -0.25) is 19.9 Å². The lowest BCUT2D eigenvalue weighted by Gasteiger charge is -1.95. The maximum Gasteiger partial charge on any atom is 0.290 e. The first-order valence-corrected chi connectivity index (χ1v) is 9.04. The SMILES string of the molecule is N#CCc1ccc(C#Cc2cncc3cc(/C=C4\SC(=O)NC4=O)oc23)cc1. The molecule has 7 heteroatoms. The van der Waals surface area contributed by atoms with Crippen molar-refractivity contribution in [2.75, 3.05) is 0 Å². The maximum atomic E-state index is 11.7. The lowest BCUT2D eigenvalue weighted by Crippen LogP contribution is -2.17. The van der Waals surface area contributed by atoms with E-state index >= 15 is 0 Å². The topological polar surface area (TPSA) is 96.0 Å². The number of imide groups is 1. The number of carbonyl (C=O) groups excluding carboxylic acids is 2. The summed E-state index contributed by atoms with van der Waals surface area (Å²) in [5.41, 5.74) is 2.92. The first-order valence-electron chi connectivity index (χ1n) is 8.23. The summed E-state index contributed by atoms with van der Waals surface area (Å²) in [5, 5.41) is 11.3. The molecule has 6 nitrogen and oxygen atoms in total. The molecule has 0 radical (unpaired) electrons. The standard InChI is InChI=1S/C21H11N3O3S/c22-8-7-14-3-1-13(2-4-14)5-6-15-11-23-12-16-9-17(27-19(15)16)10-18-20(25)24-21(26)28-18/h1-4,9-12H,7H2,(H,24,25,26)/b18-10-. The lowest BCUT2D eigenvalue weighted by atomic mass is 10.1. The number of aromatic nitrogens is 1. The van der Waals surface area contributed by atoms with E-state index in [4.69, 9.17) is 9.68 Å². The van der Waals surface area contributed by atoms with Crippen molar-refractivity contribution in [1.29, 1.82) is 5.26 Å². The summed E-state index contributed by atoms with van der Waals surface area (Å²) >= 11 is 0.833. The van der Waals surface area contributed by atoms with Gasteiger partial charge in [0.2, 0.25) is 0 Å². The Bertz CT molecular complexity index is 1240. The zero-order chi connectivity index (χ0) is 19.5. The van der Waals surface area contributed by atoms with Gasteiger partial charge in [0.25, 0.3) is 11.1 Å². The Morgan fingerprint density at radius 2 is 2.00 bits per heavy atom. The summed E-state index contributed by atoms with van der Waals surface area (Å²) in [7, 11) is 0. The number of hydrogen-bond acceptors (Lipinski definition) is 6. The van der Waals surface area contributed by atoms with Crippen LogP contribution in [0.5, 0.6) is 0 Å². The number of nitrogens with one attached hydrogen (secondary N) is 1. The molecule has 3 heterocycles. The molecule has 0 unspecified atom stereocenters. The van der Waals surface area contributed by atoms with E-state index in [1.807, 2.05) is 24.3 Å². The van der Waals surface area contributed by atoms with E-state index in [9.17, 15) is 9.59 Å². The van der Waals surface area contributed by atoms with Crippen molar-refractivity contribution >= 4 is 40.0 Å². The van der Waals surface area contributed by atoms with Gasteiger partial charge < -0.3 is 4.42 Å². The predicted octanol–water partition coefficient (Wildman–Crippen LogP) is 3.62. The molecule has 3 aromatic rings. The van der Waals surface area contributed by atoms with Crippen LogP contribution in [0.1, 0.15) is 22.5 Å². The summed E-state index contributed by atoms with van der Waals surface area (Å²) in [5.74, 6) is 6.11. The summed E-state index contributed by atoms with van der Waals surface area (Å²) in [6.07, 6.45) is 5.15. The molecule has 134 valence electrons. The average molecular weight is 385 g/mol. The van der Waals surface area contributed by atoms with E-state index in [1.165, 1.54) is 6.08 Å². The molecule has 28 heavy (non-hydrogen) atoms. The number of nitriles is 1. The lowest BCUT2D eigenvalue weighted by molar-refractivity contribution is -0.115. The van der Waals surface area contributed by atoms with Gasteiger partial charge in [-0.25, -0.2) is 0 Å². The fourth-order valence-corrected chi connectivity index (χ4v) is 3.29. The minimum atomic E-state index is -0.437. The highest BCUT2D eigenvalue weighted by molar-refractivity contribution is 8.18. The van der Waals surface area contributed by atoms with Gasteiger partial charge in [-0.05, 0) is 35.5 Å². The molecule has 1 N–H and O–H groups in total. The predicted molar refractivity (Wildman–Crippen MR) is 105 cm³/mol. The fourth-order valence-electron chi connectivity index (χ4n) is 2.63. The highest BCUT2D eigenvalue weighted by Gasteiger charge is 2.25. The number of thioether (sulfide) groups is 1. The number of carbonyl (C=O) groups is 2. The molecule has 0 saturated carbocycles. The quantitative estimate of drug-likeness (QED) is 0.535. The fraction of sp³-hybridized carbons (Fsp3) is 0.0476. The molecule has 2 amide bonds. The zero-order valence-corrected chi connectivity index (χ0v) is 15.2. The number of benzene rings is 1. The highest BCUT2D eigenvalue weighted by Crippen LogP contribution is 2.28. The van der Waals surface area contributed by atoms with Crippen LogP contribution in [0.15, 0.2) is 52.0 Å². The molecule has 2 aromatic heterocycles. The minimum absolute atomic E-state index is 0.280. The van der Waals surface area contributed by atoms with Crippen molar-refractivity contribution in [2.45, 2.75) is 6.42 Å². The van der Waals surface area contributed by atoms with Gasteiger partial charge in [-0.2, -0.15) is 5.26 Å². The third-order valence-corrected chi connectivity index (χ3v) is 4.75.